The molecule has 1 atom stereocenters. The molecule has 3 N–H and O–H groups in total. The minimum atomic E-state index is -0.958. The molecule has 2 rings (SSSR count). The second-order valence-electron chi connectivity index (χ2n) is 11.1. The monoisotopic (exact) mass is 610 g/mol. The van der Waals surface area contributed by atoms with Crippen molar-refractivity contribution in [2.45, 2.75) is 104 Å². The Balaban J connectivity index is 1.69. The predicted octanol–water partition coefficient (Wildman–Crippen LogP) is 6.82. The topological polar surface area (TPSA) is 109 Å². The van der Waals surface area contributed by atoms with Gasteiger partial charge in [-0.3, -0.25) is 14.4 Å². The zero-order valence-electron chi connectivity index (χ0n) is 27.3. The van der Waals surface area contributed by atoms with Gasteiger partial charge in [0.25, 0.3) is 5.91 Å². The summed E-state index contributed by atoms with van der Waals surface area (Å²) in [7, 11) is 1.59. The van der Waals surface area contributed by atoms with Crippen LogP contribution in [0.5, 0.6) is 11.5 Å². The molecule has 44 heavy (non-hydrogen) atoms. The molecule has 0 heterocycles. The maximum Gasteiger partial charge on any atom is 0.270 e. The maximum atomic E-state index is 13.4. The van der Waals surface area contributed by atoms with Gasteiger partial charge in [0.15, 0.2) is 6.17 Å². The van der Waals surface area contributed by atoms with Crippen LogP contribution in [0.25, 0.3) is 0 Å². The fourth-order valence-electron chi connectivity index (χ4n) is 4.91. The lowest BCUT2D eigenvalue weighted by Crippen LogP contribution is -2.52. The third kappa shape index (κ3) is 14.6. The lowest BCUT2D eigenvalue weighted by atomic mass is 10.1. The van der Waals surface area contributed by atoms with Crippen molar-refractivity contribution in [2.24, 2.45) is 0 Å². The molecule has 0 saturated heterocycles. The fourth-order valence-corrected chi connectivity index (χ4v) is 4.91. The SMILES string of the molecule is CCCCCCCCCCCCNC(=O)CCCOc1ccc(NC(NC(C)=O)C(=O)N(CC)c2ccc(OC)cc2)cc1. The Morgan fingerprint density at radius 3 is 1.93 bits per heavy atom. The second kappa shape index (κ2) is 21.9. The van der Waals surface area contributed by atoms with Crippen LogP contribution < -0.4 is 30.3 Å². The van der Waals surface area contributed by atoms with Gasteiger partial charge in [-0.05, 0) is 68.3 Å². The Kier molecular flexibility index (Phi) is 18.1. The number of likely N-dealkylation sites (N-methyl/N-ethyl adjacent to an activating group) is 1. The molecule has 1 unspecified atom stereocenters. The number of hydrogen-bond acceptors (Lipinski definition) is 6. The van der Waals surface area contributed by atoms with E-state index in [4.69, 9.17) is 9.47 Å². The Labute approximate surface area is 264 Å². The lowest BCUT2D eigenvalue weighted by Gasteiger charge is -2.28. The predicted molar refractivity (Wildman–Crippen MR) is 178 cm³/mol. The molecular formula is C35H54N4O5. The molecule has 244 valence electrons. The summed E-state index contributed by atoms with van der Waals surface area (Å²) in [4.78, 5) is 39.0. The quantitative estimate of drug-likeness (QED) is 0.0941. The molecule has 3 amide bonds. The van der Waals surface area contributed by atoms with Crippen molar-refractivity contribution in [3.8, 4) is 11.5 Å². The number of nitrogens with one attached hydrogen (secondary N) is 3. The zero-order chi connectivity index (χ0) is 32.0. The van der Waals surface area contributed by atoms with Gasteiger partial charge in [0, 0.05) is 37.8 Å². The van der Waals surface area contributed by atoms with Gasteiger partial charge in [-0.15, -0.1) is 0 Å². The number of amides is 3. The van der Waals surface area contributed by atoms with Crippen LogP contribution >= 0.6 is 0 Å². The van der Waals surface area contributed by atoms with Crippen LogP contribution in [0.1, 0.15) is 97.8 Å². The average Bonchev–Trinajstić information content (AvgIpc) is 3.02. The number of carbonyl (C=O) groups excluding carboxylic acids is 3. The van der Waals surface area contributed by atoms with Crippen molar-refractivity contribution in [3.05, 3.63) is 48.5 Å². The highest BCUT2D eigenvalue weighted by Crippen LogP contribution is 2.21. The first-order chi connectivity index (χ1) is 21.4. The first kappa shape index (κ1) is 36.4. The summed E-state index contributed by atoms with van der Waals surface area (Å²) in [5, 5.41) is 8.84. The molecule has 0 saturated carbocycles. The van der Waals surface area contributed by atoms with Crippen LogP contribution in [0.3, 0.4) is 0 Å². The summed E-state index contributed by atoms with van der Waals surface area (Å²) < 4.78 is 11.0. The van der Waals surface area contributed by atoms with Crippen molar-refractivity contribution in [1.82, 2.24) is 10.6 Å². The van der Waals surface area contributed by atoms with E-state index in [0.29, 0.717) is 48.9 Å². The summed E-state index contributed by atoms with van der Waals surface area (Å²) in [5.41, 5.74) is 1.35. The van der Waals surface area contributed by atoms with E-state index in [9.17, 15) is 14.4 Å². The molecule has 2 aromatic carbocycles. The molecule has 0 aliphatic heterocycles. The number of ether oxygens (including phenoxy) is 2. The van der Waals surface area contributed by atoms with Gasteiger partial charge >= 0.3 is 0 Å². The van der Waals surface area contributed by atoms with E-state index < -0.39 is 6.17 Å². The van der Waals surface area contributed by atoms with Crippen LogP contribution in [0.2, 0.25) is 0 Å². The number of nitrogens with zero attached hydrogens (tertiary/aromatic N) is 1. The summed E-state index contributed by atoms with van der Waals surface area (Å²) in [5.74, 6) is 0.804. The van der Waals surface area contributed by atoms with Crippen molar-refractivity contribution in [2.75, 3.05) is 37.0 Å². The highest BCUT2D eigenvalue weighted by atomic mass is 16.5. The summed E-state index contributed by atoms with van der Waals surface area (Å²) in [6, 6.07) is 14.4. The zero-order valence-corrected chi connectivity index (χ0v) is 27.3. The Morgan fingerprint density at radius 2 is 1.36 bits per heavy atom. The minimum absolute atomic E-state index is 0.0634. The largest absolute Gasteiger partial charge is 0.497 e. The number of methoxy groups -OCH3 is 1. The van der Waals surface area contributed by atoms with Crippen molar-refractivity contribution < 1.29 is 23.9 Å². The second-order valence-corrected chi connectivity index (χ2v) is 11.1. The summed E-state index contributed by atoms with van der Waals surface area (Å²) >= 11 is 0. The first-order valence-electron chi connectivity index (χ1n) is 16.4. The molecule has 2 aromatic rings. The minimum Gasteiger partial charge on any atom is -0.497 e. The summed E-state index contributed by atoms with van der Waals surface area (Å²) in [6.07, 6.45) is 12.9. The van der Waals surface area contributed by atoms with E-state index in [1.807, 2.05) is 6.92 Å². The molecule has 0 fully saturated rings. The van der Waals surface area contributed by atoms with Crippen molar-refractivity contribution in [3.63, 3.8) is 0 Å². The van der Waals surface area contributed by atoms with Crippen molar-refractivity contribution in [1.29, 1.82) is 0 Å². The van der Waals surface area contributed by atoms with E-state index >= 15 is 0 Å². The third-order valence-corrected chi connectivity index (χ3v) is 7.40. The Bertz CT molecular complexity index is 1090. The van der Waals surface area contributed by atoms with Gasteiger partial charge in [0.1, 0.15) is 11.5 Å². The molecule has 9 heteroatoms. The van der Waals surface area contributed by atoms with Gasteiger partial charge in [-0.2, -0.15) is 0 Å². The molecule has 0 bridgehead atoms. The number of unbranched alkanes of at least 4 members (excludes halogenated alkanes) is 9. The highest BCUT2D eigenvalue weighted by molar-refractivity contribution is 6.00. The van der Waals surface area contributed by atoms with Crippen LogP contribution in [0.4, 0.5) is 11.4 Å². The smallest absolute Gasteiger partial charge is 0.270 e. The number of anilines is 2. The van der Waals surface area contributed by atoms with Crippen LogP contribution in [-0.2, 0) is 14.4 Å². The van der Waals surface area contributed by atoms with E-state index in [1.165, 1.54) is 64.7 Å². The van der Waals surface area contributed by atoms with Crippen LogP contribution in [0, 0.1) is 0 Å². The standard InChI is InChI=1S/C35H54N4O5/c1-5-7-8-9-10-11-12-13-14-15-26-36-33(41)17-16-27-44-32-22-18-29(19-23-32)38-34(37-28(3)40)35(42)39(6-2)30-20-24-31(43-4)25-21-30/h18-25,34,38H,5-17,26-27H2,1-4H3,(H,36,41)(H,37,40). The average molecular weight is 611 g/mol. The van der Waals surface area contributed by atoms with Gasteiger partial charge in [-0.1, -0.05) is 64.7 Å². The van der Waals surface area contributed by atoms with Crippen molar-refractivity contribution >= 4 is 29.1 Å². The Hall–Kier alpha value is -3.75. The molecule has 0 spiro atoms. The lowest BCUT2D eigenvalue weighted by molar-refractivity contribution is -0.125. The number of carbonyl (C=O) groups is 3. The van der Waals surface area contributed by atoms with Gasteiger partial charge in [-0.25, -0.2) is 0 Å². The van der Waals surface area contributed by atoms with E-state index in [2.05, 4.69) is 22.9 Å². The van der Waals surface area contributed by atoms with Gasteiger partial charge in [0.05, 0.1) is 13.7 Å². The molecule has 0 radical (unpaired) electrons. The van der Waals surface area contributed by atoms with Crippen LogP contribution in [0.15, 0.2) is 48.5 Å². The molecule has 0 aliphatic rings. The van der Waals surface area contributed by atoms with Crippen LogP contribution in [-0.4, -0.2) is 50.7 Å². The van der Waals surface area contributed by atoms with Gasteiger partial charge in [0.2, 0.25) is 11.8 Å². The van der Waals surface area contributed by atoms with E-state index in [0.717, 1.165) is 13.0 Å². The summed E-state index contributed by atoms with van der Waals surface area (Å²) in [6.45, 7) is 7.09. The number of rotatable bonds is 23. The normalized spacial score (nSPS) is 11.4. The van der Waals surface area contributed by atoms with E-state index in [1.54, 1.807) is 60.5 Å². The Morgan fingerprint density at radius 1 is 0.773 bits per heavy atom. The first-order valence-corrected chi connectivity index (χ1v) is 16.4. The maximum absolute atomic E-state index is 13.4. The molecular weight excluding hydrogens is 556 g/mol. The number of benzene rings is 2. The van der Waals surface area contributed by atoms with E-state index in [-0.39, 0.29) is 17.7 Å². The molecule has 0 aromatic heterocycles. The highest BCUT2D eigenvalue weighted by Gasteiger charge is 2.25. The third-order valence-electron chi connectivity index (χ3n) is 7.40. The van der Waals surface area contributed by atoms with Gasteiger partial charge < -0.3 is 30.3 Å². The molecule has 0 aliphatic carbocycles. The number of hydrogen-bond donors (Lipinski definition) is 3. The molecule has 9 nitrogen and oxygen atoms in total. The fraction of sp³-hybridized carbons (Fsp3) is 0.571.